The number of carbonyl (C=O) groups is 2. The average molecular weight is 440 g/mol. The summed E-state index contributed by atoms with van der Waals surface area (Å²) in [5.74, 6) is 0.353. The predicted octanol–water partition coefficient (Wildman–Crippen LogP) is 3.66. The molecule has 0 saturated heterocycles. The van der Waals surface area contributed by atoms with Gasteiger partial charge in [0.05, 0.1) is 6.61 Å². The van der Waals surface area contributed by atoms with Crippen LogP contribution in [-0.4, -0.2) is 56.5 Å². The van der Waals surface area contributed by atoms with Crippen molar-refractivity contribution in [3.05, 3.63) is 65.7 Å². The summed E-state index contributed by atoms with van der Waals surface area (Å²) in [6.07, 6.45) is 4.50. The van der Waals surface area contributed by atoms with Crippen molar-refractivity contribution >= 4 is 11.8 Å². The lowest BCUT2D eigenvalue weighted by Gasteiger charge is -2.19. The zero-order valence-corrected chi connectivity index (χ0v) is 19.6. The average Bonchev–Trinajstić information content (AvgIpc) is 2.79. The SMILES string of the molecule is CCC[C@H](NC(=O)c1ccc(OCCCCc2ccccc2)cc1)C(=O)NCCN(C)C. The number of likely N-dealkylation sites (N-methyl/N-ethyl adjacent to an activating group) is 1. The van der Waals surface area contributed by atoms with Crippen molar-refractivity contribution in [1.82, 2.24) is 15.5 Å². The maximum Gasteiger partial charge on any atom is 0.251 e. The number of hydrogen-bond acceptors (Lipinski definition) is 4. The van der Waals surface area contributed by atoms with Crippen molar-refractivity contribution in [2.24, 2.45) is 0 Å². The molecule has 0 bridgehead atoms. The van der Waals surface area contributed by atoms with E-state index in [2.05, 4.69) is 34.9 Å². The quantitative estimate of drug-likeness (QED) is 0.441. The Morgan fingerprint density at radius 3 is 2.38 bits per heavy atom. The van der Waals surface area contributed by atoms with Crippen LogP contribution in [0.1, 0.15) is 48.5 Å². The van der Waals surface area contributed by atoms with Crippen LogP contribution in [0.4, 0.5) is 0 Å². The van der Waals surface area contributed by atoms with Crippen LogP contribution < -0.4 is 15.4 Å². The van der Waals surface area contributed by atoms with E-state index in [0.717, 1.165) is 38.0 Å². The standard InChI is InChI=1S/C26H37N3O3/c1-4-10-24(26(31)27-18-19-29(2)3)28-25(30)22-14-16-23(17-15-22)32-20-9-8-13-21-11-6-5-7-12-21/h5-7,11-12,14-17,24H,4,8-10,13,18-20H2,1-3H3,(H,27,31)(H,28,30)/t24-/m0/s1. The minimum Gasteiger partial charge on any atom is -0.494 e. The van der Waals surface area contributed by atoms with Crippen molar-refractivity contribution in [1.29, 1.82) is 0 Å². The van der Waals surface area contributed by atoms with Gasteiger partial charge in [0.15, 0.2) is 0 Å². The monoisotopic (exact) mass is 439 g/mol. The molecule has 0 aromatic heterocycles. The Morgan fingerprint density at radius 1 is 1.00 bits per heavy atom. The highest BCUT2D eigenvalue weighted by Crippen LogP contribution is 2.14. The molecule has 6 heteroatoms. The summed E-state index contributed by atoms with van der Waals surface area (Å²) in [5.41, 5.74) is 1.86. The minimum atomic E-state index is -0.532. The van der Waals surface area contributed by atoms with Crippen molar-refractivity contribution in [3.63, 3.8) is 0 Å². The zero-order valence-electron chi connectivity index (χ0n) is 19.6. The summed E-state index contributed by atoms with van der Waals surface area (Å²) >= 11 is 0. The number of unbranched alkanes of at least 4 members (excludes halogenated alkanes) is 1. The molecule has 2 rings (SSSR count). The molecular formula is C26H37N3O3. The molecule has 0 aliphatic carbocycles. The topological polar surface area (TPSA) is 70.7 Å². The van der Waals surface area contributed by atoms with Gasteiger partial charge in [-0.15, -0.1) is 0 Å². The van der Waals surface area contributed by atoms with Crippen LogP contribution >= 0.6 is 0 Å². The summed E-state index contributed by atoms with van der Waals surface area (Å²) in [7, 11) is 3.91. The number of rotatable bonds is 14. The van der Waals surface area contributed by atoms with E-state index in [9.17, 15) is 9.59 Å². The molecular weight excluding hydrogens is 402 g/mol. The number of benzene rings is 2. The molecule has 0 fully saturated rings. The highest BCUT2D eigenvalue weighted by molar-refractivity contribution is 5.97. The Hall–Kier alpha value is -2.86. The first-order valence-electron chi connectivity index (χ1n) is 11.5. The number of hydrogen-bond donors (Lipinski definition) is 2. The lowest BCUT2D eigenvalue weighted by molar-refractivity contribution is -0.123. The molecule has 0 aliphatic rings. The molecule has 0 saturated carbocycles. The molecule has 6 nitrogen and oxygen atoms in total. The van der Waals surface area contributed by atoms with Gasteiger partial charge in [0.25, 0.3) is 5.91 Å². The summed E-state index contributed by atoms with van der Waals surface area (Å²) in [4.78, 5) is 27.1. The van der Waals surface area contributed by atoms with Crippen molar-refractivity contribution < 1.29 is 14.3 Å². The highest BCUT2D eigenvalue weighted by atomic mass is 16.5. The van der Waals surface area contributed by atoms with E-state index in [1.807, 2.05) is 32.0 Å². The molecule has 32 heavy (non-hydrogen) atoms. The third-order valence-electron chi connectivity index (χ3n) is 5.15. The molecule has 0 aliphatic heterocycles. The number of amides is 2. The largest absolute Gasteiger partial charge is 0.494 e. The van der Waals surface area contributed by atoms with Gasteiger partial charge in [0.2, 0.25) is 5.91 Å². The van der Waals surface area contributed by atoms with Gasteiger partial charge < -0.3 is 20.3 Å². The van der Waals surface area contributed by atoms with Crippen LogP contribution in [0.2, 0.25) is 0 Å². The Kier molecular flexibility index (Phi) is 11.3. The van der Waals surface area contributed by atoms with Crippen molar-refractivity contribution in [2.75, 3.05) is 33.8 Å². The second-order valence-corrected chi connectivity index (χ2v) is 8.22. The van der Waals surface area contributed by atoms with E-state index >= 15 is 0 Å². The molecule has 2 N–H and O–H groups in total. The highest BCUT2D eigenvalue weighted by Gasteiger charge is 2.20. The second kappa shape index (κ2) is 14.2. The number of aryl methyl sites for hydroxylation is 1. The molecule has 0 radical (unpaired) electrons. The van der Waals surface area contributed by atoms with E-state index in [0.29, 0.717) is 25.1 Å². The van der Waals surface area contributed by atoms with E-state index in [-0.39, 0.29) is 11.8 Å². The van der Waals surface area contributed by atoms with Gasteiger partial charge in [-0.2, -0.15) is 0 Å². The third-order valence-corrected chi connectivity index (χ3v) is 5.15. The van der Waals surface area contributed by atoms with Gasteiger partial charge in [0, 0.05) is 18.7 Å². The van der Waals surface area contributed by atoms with Gasteiger partial charge in [-0.05, 0) is 69.6 Å². The molecule has 2 aromatic carbocycles. The number of nitrogens with one attached hydrogen (secondary N) is 2. The molecule has 2 aromatic rings. The second-order valence-electron chi connectivity index (χ2n) is 8.22. The first-order chi connectivity index (χ1) is 15.5. The van der Waals surface area contributed by atoms with Gasteiger partial charge in [-0.1, -0.05) is 43.7 Å². The van der Waals surface area contributed by atoms with Crippen LogP contribution in [-0.2, 0) is 11.2 Å². The van der Waals surface area contributed by atoms with E-state index < -0.39 is 6.04 Å². The van der Waals surface area contributed by atoms with Gasteiger partial charge >= 0.3 is 0 Å². The Labute approximate surface area is 192 Å². The smallest absolute Gasteiger partial charge is 0.251 e. The van der Waals surface area contributed by atoms with Crippen LogP contribution in [0.25, 0.3) is 0 Å². The maximum atomic E-state index is 12.6. The first-order valence-corrected chi connectivity index (χ1v) is 11.5. The van der Waals surface area contributed by atoms with Crippen molar-refractivity contribution in [3.8, 4) is 5.75 Å². The molecule has 0 heterocycles. The third kappa shape index (κ3) is 9.52. The van der Waals surface area contributed by atoms with Crippen LogP contribution in [0.15, 0.2) is 54.6 Å². The predicted molar refractivity (Wildman–Crippen MR) is 129 cm³/mol. The fourth-order valence-corrected chi connectivity index (χ4v) is 3.29. The summed E-state index contributed by atoms with van der Waals surface area (Å²) < 4.78 is 5.80. The molecule has 0 spiro atoms. The van der Waals surface area contributed by atoms with Gasteiger partial charge in [0.1, 0.15) is 11.8 Å². The Balaban J connectivity index is 1.76. The molecule has 0 unspecified atom stereocenters. The lowest BCUT2D eigenvalue weighted by Crippen LogP contribution is -2.47. The number of ether oxygens (including phenoxy) is 1. The van der Waals surface area contributed by atoms with Crippen LogP contribution in [0, 0.1) is 0 Å². The maximum absolute atomic E-state index is 12.6. The summed E-state index contributed by atoms with van der Waals surface area (Å²) in [5, 5.41) is 5.76. The van der Waals surface area contributed by atoms with Crippen molar-refractivity contribution in [2.45, 2.75) is 45.1 Å². The van der Waals surface area contributed by atoms with E-state index in [1.165, 1.54) is 5.56 Å². The molecule has 2 amide bonds. The van der Waals surface area contributed by atoms with Gasteiger partial charge in [-0.25, -0.2) is 0 Å². The summed E-state index contributed by atoms with van der Waals surface area (Å²) in [6, 6.07) is 17.0. The van der Waals surface area contributed by atoms with Crippen LogP contribution in [0.3, 0.4) is 0 Å². The number of carbonyl (C=O) groups excluding carboxylic acids is 2. The fraction of sp³-hybridized carbons (Fsp3) is 0.462. The lowest BCUT2D eigenvalue weighted by atomic mass is 10.1. The van der Waals surface area contributed by atoms with Crippen LogP contribution in [0.5, 0.6) is 5.75 Å². The number of nitrogens with zero attached hydrogens (tertiary/aromatic N) is 1. The first kappa shape index (κ1) is 25.4. The van der Waals surface area contributed by atoms with E-state index in [1.54, 1.807) is 24.3 Å². The summed E-state index contributed by atoms with van der Waals surface area (Å²) in [6.45, 7) is 3.95. The minimum absolute atomic E-state index is 0.141. The van der Waals surface area contributed by atoms with E-state index in [4.69, 9.17) is 4.74 Å². The molecule has 1 atom stereocenters. The Morgan fingerprint density at radius 2 is 1.72 bits per heavy atom. The fourth-order valence-electron chi connectivity index (χ4n) is 3.29. The Bertz CT molecular complexity index is 807. The van der Waals surface area contributed by atoms with Gasteiger partial charge in [-0.3, -0.25) is 9.59 Å². The molecule has 174 valence electrons. The normalized spacial score (nSPS) is 11.8. The zero-order chi connectivity index (χ0) is 23.2.